The van der Waals surface area contributed by atoms with E-state index in [1.165, 1.54) is 15.9 Å². The van der Waals surface area contributed by atoms with Crippen LogP contribution in [0.1, 0.15) is 0 Å². The predicted molar refractivity (Wildman–Crippen MR) is 106 cm³/mol. The second-order valence-corrected chi connectivity index (χ2v) is 18.1. The van der Waals surface area contributed by atoms with Gasteiger partial charge in [0.15, 0.2) is 0 Å². The summed E-state index contributed by atoms with van der Waals surface area (Å²) in [4.78, 5) is 0.156. The Morgan fingerprint density at radius 2 is 1.40 bits per heavy atom. The molecule has 0 heterocycles. The summed E-state index contributed by atoms with van der Waals surface area (Å²) in [6.45, 7) is 0. The van der Waals surface area contributed by atoms with Gasteiger partial charge in [0.1, 0.15) is 0 Å². The van der Waals surface area contributed by atoms with Gasteiger partial charge in [-0.2, -0.15) is 0 Å². The van der Waals surface area contributed by atoms with Crippen LogP contribution in [0.25, 0.3) is 0 Å². The first kappa shape index (κ1) is 20.4. The van der Waals surface area contributed by atoms with Crippen molar-refractivity contribution in [3.8, 4) is 0 Å². The van der Waals surface area contributed by atoms with Crippen molar-refractivity contribution in [3.63, 3.8) is 0 Å². The normalized spacial score (nSPS) is 17.9. The van der Waals surface area contributed by atoms with Gasteiger partial charge in [0, 0.05) is 0 Å². The number of hydrogen-bond acceptors (Lipinski definition) is 0. The zero-order valence-electron chi connectivity index (χ0n) is 12.7. The molecule has 0 radical (unpaired) electrons. The number of benzene rings is 2. The van der Waals surface area contributed by atoms with Gasteiger partial charge < -0.3 is 0 Å². The number of rotatable bonds is 6. The van der Waals surface area contributed by atoms with E-state index in [1.54, 1.807) is 0 Å². The van der Waals surface area contributed by atoms with Crippen molar-refractivity contribution >= 4 is 60.8 Å². The van der Waals surface area contributed by atoms with Gasteiger partial charge in [-0.25, -0.2) is 0 Å². The molecule has 0 saturated heterocycles. The van der Waals surface area contributed by atoms with Crippen LogP contribution in [-0.4, -0.2) is 1.70 Å². The first-order valence-electron chi connectivity index (χ1n) is 7.23. The van der Waals surface area contributed by atoms with Gasteiger partial charge in [-0.05, 0) is 0 Å². The average molecular weight is 565 g/mol. The van der Waals surface area contributed by atoms with E-state index in [0.29, 0.717) is 15.0 Å². The average Bonchev–Trinajstić information content (AvgIpc) is 3.04. The number of alkyl halides is 2. The maximum absolute atomic E-state index is 6.31. The van der Waals surface area contributed by atoms with Crippen molar-refractivity contribution < 1.29 is 29.7 Å². The fourth-order valence-electron chi connectivity index (χ4n) is 2.42. The molecule has 0 bridgehead atoms. The monoisotopic (exact) mass is 563 g/mol. The summed E-state index contributed by atoms with van der Waals surface area (Å²) >= 11 is 11.2. The molecule has 0 aliphatic heterocycles. The van der Waals surface area contributed by atoms with Crippen LogP contribution in [-0.2, 0) is 29.7 Å². The van der Waals surface area contributed by atoms with Crippen LogP contribution in [0.3, 0.4) is 0 Å². The molecule has 2 aromatic carbocycles. The van der Waals surface area contributed by atoms with E-state index in [1.807, 2.05) is 12.1 Å². The zero-order chi connectivity index (χ0) is 17.9. The number of halogens is 4. The third-order valence-corrected chi connectivity index (χ3v) is 16.0. The molecule has 137 valence electrons. The molecule has 7 heteroatoms. The Kier molecular flexibility index (Phi) is 7.56. The van der Waals surface area contributed by atoms with Crippen molar-refractivity contribution in [1.29, 1.82) is 0 Å². The third kappa shape index (κ3) is 5.36. The Morgan fingerprint density at radius 3 is 1.88 bits per heavy atom. The van der Waals surface area contributed by atoms with Crippen molar-refractivity contribution in [2.45, 2.75) is 6.52 Å². The maximum atomic E-state index is 6.31. The van der Waals surface area contributed by atoms with E-state index in [2.05, 4.69) is 66.8 Å². The van der Waals surface area contributed by atoms with E-state index in [0.717, 1.165) is 0 Å². The second kappa shape index (κ2) is 9.26. The first-order valence-corrected chi connectivity index (χ1v) is 15.3. The molecule has 3 rings (SSSR count). The Labute approximate surface area is 179 Å². The molecule has 0 saturated carbocycles. The molecule has 1 aliphatic rings. The van der Waals surface area contributed by atoms with Gasteiger partial charge in [0.25, 0.3) is 0 Å². The van der Waals surface area contributed by atoms with Crippen molar-refractivity contribution in [2.75, 3.05) is 0 Å². The van der Waals surface area contributed by atoms with Crippen molar-refractivity contribution in [2.24, 2.45) is 0 Å². The molecule has 25 heavy (non-hydrogen) atoms. The van der Waals surface area contributed by atoms with Crippen LogP contribution in [0.5, 0.6) is 0 Å². The number of hydrogen-bond donors (Lipinski definition) is 0. The first-order chi connectivity index (χ1) is 12.0. The van der Waals surface area contributed by atoms with Gasteiger partial charge in [-0.3, -0.25) is 0 Å². The standard InChI is InChI=1S/C17H14P.CCl2.2ClH.Fe.Pd/c1-3-9-15(10-4-1)18(17-13-7-8-14-17)16-11-5-2-6-12-16;2-1-3;;;;/h1-14H;;2*1H;;/q;;;;;+2/p-2. The van der Waals surface area contributed by atoms with Gasteiger partial charge in [0.05, 0.1) is 0 Å². The van der Waals surface area contributed by atoms with Crippen LogP contribution in [0.15, 0.2) is 84.2 Å². The van der Waals surface area contributed by atoms with Crippen molar-refractivity contribution in [3.05, 3.63) is 84.2 Å². The molecular formula is C18H14Cl4FePPd. The van der Waals surface area contributed by atoms with E-state index in [4.69, 9.17) is 42.3 Å². The van der Waals surface area contributed by atoms with Crippen molar-refractivity contribution in [1.82, 2.24) is 0 Å². The molecule has 0 aromatic heterocycles. The van der Waals surface area contributed by atoms with Gasteiger partial charge in [-0.15, -0.1) is 0 Å². The molecule has 1 atom stereocenters. The van der Waals surface area contributed by atoms with Gasteiger partial charge in [0.2, 0.25) is 0 Å². The molecule has 1 aliphatic carbocycles. The summed E-state index contributed by atoms with van der Waals surface area (Å²) in [5.41, 5.74) is 0. The molecule has 0 nitrogen and oxygen atoms in total. The SMILES string of the molecule is [Cl][Pd]([Cl])[C](Cl)(Cl)[Fe][CH]1C=CC(P(c2ccccc2)c2ccccc2)=C1. The van der Waals surface area contributed by atoms with E-state index >= 15 is 0 Å². The van der Waals surface area contributed by atoms with Gasteiger partial charge >= 0.3 is 181 Å². The minimum atomic E-state index is -1.97. The van der Waals surface area contributed by atoms with E-state index in [9.17, 15) is 0 Å². The van der Waals surface area contributed by atoms with E-state index < -0.39 is 24.3 Å². The fraction of sp³-hybridized carbons (Fsp3) is 0.111. The van der Waals surface area contributed by atoms with Crippen LogP contribution >= 0.6 is 50.2 Å². The van der Waals surface area contributed by atoms with Crippen LogP contribution in [0, 0.1) is 0 Å². The van der Waals surface area contributed by atoms with Crippen LogP contribution in [0.2, 0.25) is 4.82 Å². The molecule has 0 amide bonds. The van der Waals surface area contributed by atoms with Gasteiger partial charge in [-0.1, -0.05) is 0 Å². The Morgan fingerprint density at radius 1 is 0.880 bits per heavy atom. The minimum absolute atomic E-state index is 0.156. The molecular weight excluding hydrogens is 551 g/mol. The zero-order valence-corrected chi connectivity index (χ0v) is 19.3. The quantitative estimate of drug-likeness (QED) is 0.215. The van der Waals surface area contributed by atoms with Crippen LogP contribution in [0.4, 0.5) is 0 Å². The topological polar surface area (TPSA) is 0 Å². The Balaban J connectivity index is 1.91. The Bertz CT molecular complexity index is 726. The predicted octanol–water partition coefficient (Wildman–Crippen LogP) is 6.46. The fourth-order valence-corrected chi connectivity index (χ4v) is 9.08. The summed E-state index contributed by atoms with van der Waals surface area (Å²) in [5, 5.41) is 3.95. The summed E-state index contributed by atoms with van der Waals surface area (Å²) in [7, 11) is 11.4. The van der Waals surface area contributed by atoms with Crippen LogP contribution < -0.4 is 10.6 Å². The summed E-state index contributed by atoms with van der Waals surface area (Å²) in [5.74, 6) is 0. The molecule has 0 N–H and O–H groups in total. The third-order valence-electron chi connectivity index (χ3n) is 3.42. The number of allylic oxidation sites excluding steroid dienone is 4. The Hall–Kier alpha value is 0.692. The van der Waals surface area contributed by atoms with E-state index in [-0.39, 0.29) is 4.82 Å². The summed E-state index contributed by atoms with van der Waals surface area (Å²) < 4.78 is -1.04. The second-order valence-electron chi connectivity index (χ2n) is 5.03. The summed E-state index contributed by atoms with van der Waals surface area (Å²) in [6, 6.07) is 21.2. The molecule has 1 unspecified atom stereocenters. The summed E-state index contributed by atoms with van der Waals surface area (Å²) in [6.07, 6.45) is 6.60. The molecule has 0 spiro atoms. The molecule has 0 fully saturated rings. The molecule has 2 aromatic rings.